The van der Waals surface area contributed by atoms with Crippen LogP contribution in [0, 0.1) is 0 Å². The van der Waals surface area contributed by atoms with Crippen molar-refractivity contribution in [3.05, 3.63) is 0 Å². The molecule has 5 heteroatoms. The molecule has 19 heavy (non-hydrogen) atoms. The van der Waals surface area contributed by atoms with Gasteiger partial charge >= 0.3 is 0 Å². The number of likely N-dealkylation sites (tertiary alicyclic amines) is 1. The van der Waals surface area contributed by atoms with E-state index in [9.17, 15) is 9.59 Å². The van der Waals surface area contributed by atoms with Crippen LogP contribution in [0.5, 0.6) is 0 Å². The minimum atomic E-state index is -0.00241. The standard InChI is InChI=1S/C14H27N3O2/c1-16(2)9-5-3-4-8-13(18)15-12-14(19)17-10-6-7-11-17/h3-12H2,1-2H3,(H,15,18). The van der Waals surface area contributed by atoms with Gasteiger partial charge in [0.25, 0.3) is 0 Å². The molecule has 0 spiro atoms. The zero-order valence-electron chi connectivity index (χ0n) is 12.3. The topological polar surface area (TPSA) is 52.7 Å². The number of amides is 2. The molecule has 0 aromatic rings. The minimum Gasteiger partial charge on any atom is -0.347 e. The second-order valence-electron chi connectivity index (χ2n) is 5.48. The van der Waals surface area contributed by atoms with Gasteiger partial charge in [-0.15, -0.1) is 0 Å². The van der Waals surface area contributed by atoms with Crippen molar-refractivity contribution in [3.63, 3.8) is 0 Å². The number of rotatable bonds is 8. The molecule has 1 heterocycles. The number of nitrogens with one attached hydrogen (secondary N) is 1. The van der Waals surface area contributed by atoms with Crippen LogP contribution in [0.1, 0.15) is 38.5 Å². The maximum absolute atomic E-state index is 11.7. The third kappa shape index (κ3) is 7.15. The molecule has 0 radical (unpaired) electrons. The fourth-order valence-corrected chi connectivity index (χ4v) is 2.23. The van der Waals surface area contributed by atoms with Crippen molar-refractivity contribution < 1.29 is 9.59 Å². The van der Waals surface area contributed by atoms with E-state index in [-0.39, 0.29) is 18.4 Å². The first kappa shape index (κ1) is 16.0. The molecule has 110 valence electrons. The SMILES string of the molecule is CN(C)CCCCCC(=O)NCC(=O)N1CCCC1. The smallest absolute Gasteiger partial charge is 0.241 e. The van der Waals surface area contributed by atoms with Crippen LogP contribution in [0.2, 0.25) is 0 Å². The Balaban J connectivity index is 1.99. The average molecular weight is 269 g/mol. The van der Waals surface area contributed by atoms with E-state index in [4.69, 9.17) is 0 Å². The molecule has 1 aliphatic rings. The van der Waals surface area contributed by atoms with Crippen LogP contribution in [0.3, 0.4) is 0 Å². The molecular formula is C14H27N3O2. The lowest BCUT2D eigenvalue weighted by Gasteiger charge is -2.15. The summed E-state index contributed by atoms with van der Waals surface area (Å²) < 4.78 is 0. The Morgan fingerprint density at radius 3 is 2.42 bits per heavy atom. The van der Waals surface area contributed by atoms with E-state index in [1.807, 2.05) is 4.90 Å². The Kier molecular flexibility index (Phi) is 7.48. The van der Waals surface area contributed by atoms with Gasteiger partial charge in [0, 0.05) is 19.5 Å². The second-order valence-corrected chi connectivity index (χ2v) is 5.48. The average Bonchev–Trinajstić information content (AvgIpc) is 2.89. The molecule has 0 aromatic carbocycles. The van der Waals surface area contributed by atoms with E-state index in [0.717, 1.165) is 51.7 Å². The lowest BCUT2D eigenvalue weighted by molar-refractivity contribution is -0.132. The fraction of sp³-hybridized carbons (Fsp3) is 0.857. The zero-order chi connectivity index (χ0) is 14.1. The molecule has 1 rings (SSSR count). The van der Waals surface area contributed by atoms with Crippen molar-refractivity contribution in [2.24, 2.45) is 0 Å². The summed E-state index contributed by atoms with van der Waals surface area (Å²) in [6.07, 6.45) is 5.79. The van der Waals surface area contributed by atoms with Crippen molar-refractivity contribution >= 4 is 11.8 Å². The maximum Gasteiger partial charge on any atom is 0.241 e. The maximum atomic E-state index is 11.7. The van der Waals surface area contributed by atoms with Gasteiger partial charge in [0.1, 0.15) is 0 Å². The van der Waals surface area contributed by atoms with Crippen LogP contribution in [0.4, 0.5) is 0 Å². The van der Waals surface area contributed by atoms with Crippen LogP contribution < -0.4 is 5.32 Å². The Hall–Kier alpha value is -1.10. The van der Waals surface area contributed by atoms with Crippen molar-refractivity contribution in [2.75, 3.05) is 40.3 Å². The molecule has 1 fully saturated rings. The quantitative estimate of drug-likeness (QED) is 0.665. The van der Waals surface area contributed by atoms with Crippen LogP contribution in [-0.2, 0) is 9.59 Å². The van der Waals surface area contributed by atoms with E-state index in [1.54, 1.807) is 0 Å². The van der Waals surface area contributed by atoms with E-state index >= 15 is 0 Å². The van der Waals surface area contributed by atoms with E-state index in [0.29, 0.717) is 6.42 Å². The van der Waals surface area contributed by atoms with Crippen molar-refractivity contribution in [1.82, 2.24) is 15.1 Å². The monoisotopic (exact) mass is 269 g/mol. The molecule has 1 aliphatic heterocycles. The first-order valence-corrected chi connectivity index (χ1v) is 7.29. The molecule has 0 aliphatic carbocycles. The normalized spacial score (nSPS) is 15.0. The Morgan fingerprint density at radius 2 is 1.79 bits per heavy atom. The molecule has 1 saturated heterocycles. The molecule has 0 unspecified atom stereocenters. The van der Waals surface area contributed by atoms with Gasteiger partial charge < -0.3 is 15.1 Å². The second kappa shape index (κ2) is 8.91. The van der Waals surface area contributed by atoms with Crippen molar-refractivity contribution in [3.8, 4) is 0 Å². The van der Waals surface area contributed by atoms with Gasteiger partial charge in [-0.3, -0.25) is 9.59 Å². The largest absolute Gasteiger partial charge is 0.347 e. The number of nitrogens with zero attached hydrogens (tertiary/aromatic N) is 2. The molecule has 1 N–H and O–H groups in total. The summed E-state index contributed by atoms with van der Waals surface area (Å²) in [5.74, 6) is 0.0517. The molecule has 0 atom stereocenters. The fourth-order valence-electron chi connectivity index (χ4n) is 2.23. The lowest BCUT2D eigenvalue weighted by atomic mass is 10.2. The predicted molar refractivity (Wildman–Crippen MR) is 75.8 cm³/mol. The summed E-state index contributed by atoms with van der Waals surface area (Å²) in [6.45, 7) is 2.92. The molecule has 0 aromatic heterocycles. The minimum absolute atomic E-state index is 0.00241. The summed E-state index contributed by atoms with van der Waals surface area (Å²) in [4.78, 5) is 27.3. The predicted octanol–water partition coefficient (Wildman–Crippen LogP) is 0.847. The highest BCUT2D eigenvalue weighted by molar-refractivity contribution is 5.84. The van der Waals surface area contributed by atoms with Gasteiger partial charge in [0.05, 0.1) is 6.54 Å². The van der Waals surface area contributed by atoms with Gasteiger partial charge in [-0.1, -0.05) is 6.42 Å². The highest BCUT2D eigenvalue weighted by Gasteiger charge is 2.17. The van der Waals surface area contributed by atoms with Crippen molar-refractivity contribution in [1.29, 1.82) is 0 Å². The number of hydrogen-bond acceptors (Lipinski definition) is 3. The third-order valence-electron chi connectivity index (χ3n) is 3.40. The summed E-state index contributed by atoms with van der Waals surface area (Å²) in [5.41, 5.74) is 0. The molecule has 2 amide bonds. The zero-order valence-corrected chi connectivity index (χ0v) is 12.3. The van der Waals surface area contributed by atoms with E-state index in [2.05, 4.69) is 24.3 Å². The van der Waals surface area contributed by atoms with Crippen molar-refractivity contribution in [2.45, 2.75) is 38.5 Å². The van der Waals surface area contributed by atoms with Crippen LogP contribution >= 0.6 is 0 Å². The van der Waals surface area contributed by atoms with Gasteiger partial charge in [0.15, 0.2) is 0 Å². The van der Waals surface area contributed by atoms with Crippen LogP contribution in [-0.4, -0.2) is 61.9 Å². The number of unbranched alkanes of at least 4 members (excludes halogenated alkanes) is 2. The summed E-state index contributed by atoms with van der Waals surface area (Å²) >= 11 is 0. The molecule has 0 saturated carbocycles. The molecule has 0 bridgehead atoms. The summed E-state index contributed by atoms with van der Waals surface area (Å²) in [6, 6.07) is 0. The van der Waals surface area contributed by atoms with Gasteiger partial charge in [-0.25, -0.2) is 0 Å². The van der Waals surface area contributed by atoms with Gasteiger partial charge in [-0.05, 0) is 46.3 Å². The highest BCUT2D eigenvalue weighted by atomic mass is 16.2. The lowest BCUT2D eigenvalue weighted by Crippen LogP contribution is -2.38. The van der Waals surface area contributed by atoms with Gasteiger partial charge in [-0.2, -0.15) is 0 Å². The Bertz CT molecular complexity index is 286. The van der Waals surface area contributed by atoms with E-state index < -0.39 is 0 Å². The third-order valence-corrected chi connectivity index (χ3v) is 3.40. The molecular weight excluding hydrogens is 242 g/mol. The van der Waals surface area contributed by atoms with Gasteiger partial charge in [0.2, 0.25) is 11.8 Å². The number of carbonyl (C=O) groups excluding carboxylic acids is 2. The summed E-state index contributed by atoms with van der Waals surface area (Å²) in [7, 11) is 4.10. The number of carbonyl (C=O) groups is 2. The highest BCUT2D eigenvalue weighted by Crippen LogP contribution is 2.06. The van der Waals surface area contributed by atoms with Crippen LogP contribution in [0.25, 0.3) is 0 Å². The first-order chi connectivity index (χ1) is 9.09. The van der Waals surface area contributed by atoms with E-state index in [1.165, 1.54) is 0 Å². The first-order valence-electron chi connectivity index (χ1n) is 7.29. The Morgan fingerprint density at radius 1 is 1.11 bits per heavy atom. The number of hydrogen-bond donors (Lipinski definition) is 1. The van der Waals surface area contributed by atoms with Crippen LogP contribution in [0.15, 0.2) is 0 Å². The summed E-state index contributed by atoms with van der Waals surface area (Å²) in [5, 5.41) is 2.72. The Labute approximate surface area is 116 Å². The molecule has 5 nitrogen and oxygen atoms in total.